The Morgan fingerprint density at radius 1 is 0.976 bits per heavy atom. The lowest BCUT2D eigenvalue weighted by Gasteiger charge is -2.31. The average molecular weight is 552 g/mol. The van der Waals surface area contributed by atoms with Crippen LogP contribution in [-0.4, -0.2) is 34.2 Å². The van der Waals surface area contributed by atoms with Gasteiger partial charge in [0.25, 0.3) is 5.91 Å². The molecule has 212 valence electrons. The molecule has 8 nitrogen and oxygen atoms in total. The highest BCUT2D eigenvalue weighted by Crippen LogP contribution is 2.38. The van der Waals surface area contributed by atoms with Crippen LogP contribution in [0.3, 0.4) is 0 Å². The third-order valence-electron chi connectivity index (χ3n) is 7.93. The Morgan fingerprint density at radius 2 is 1.73 bits per heavy atom. The largest absolute Gasteiger partial charge is 0.376 e. The molecular weight excluding hydrogens is 514 g/mol. The Hall–Kier alpha value is -4.46. The van der Waals surface area contributed by atoms with Gasteiger partial charge in [-0.1, -0.05) is 75.2 Å². The molecule has 0 aliphatic heterocycles. The van der Waals surface area contributed by atoms with Crippen LogP contribution in [0.2, 0.25) is 0 Å². The summed E-state index contributed by atoms with van der Waals surface area (Å²) < 4.78 is 0. The Kier molecular flexibility index (Phi) is 8.47. The smallest absolute Gasteiger partial charge is 0.259 e. The number of nitrogens with two attached hydrogens (primary N) is 1. The number of para-hydroxylation sites is 2. The number of nitrogens with one attached hydrogen (secondary N) is 3. The van der Waals surface area contributed by atoms with Crippen molar-refractivity contribution >= 4 is 34.4 Å². The SMILES string of the molecule is CC(C)c1nc2c(Cc3ccc([C@@H]4CCCC[C@H]4C(=O)NC(=O)c4ccccc4NCC(N)=O)cc3)cccc2[nH]1. The maximum atomic E-state index is 13.4. The first-order chi connectivity index (χ1) is 19.8. The van der Waals surface area contributed by atoms with Crippen molar-refractivity contribution in [3.05, 3.63) is 94.8 Å². The summed E-state index contributed by atoms with van der Waals surface area (Å²) in [6, 6.07) is 21.6. The molecule has 1 saturated carbocycles. The van der Waals surface area contributed by atoms with Crippen LogP contribution in [0, 0.1) is 5.92 Å². The van der Waals surface area contributed by atoms with Crippen LogP contribution >= 0.6 is 0 Å². The first-order valence-corrected chi connectivity index (χ1v) is 14.3. The van der Waals surface area contributed by atoms with Gasteiger partial charge in [0, 0.05) is 17.5 Å². The van der Waals surface area contributed by atoms with Crippen LogP contribution < -0.4 is 16.4 Å². The summed E-state index contributed by atoms with van der Waals surface area (Å²) in [7, 11) is 0. The number of primary amides is 1. The second-order valence-corrected chi connectivity index (χ2v) is 11.2. The number of aromatic nitrogens is 2. The molecule has 0 saturated heterocycles. The fourth-order valence-electron chi connectivity index (χ4n) is 5.76. The number of anilines is 1. The van der Waals surface area contributed by atoms with E-state index >= 15 is 0 Å². The standard InChI is InChI=1S/C33H37N5O3/c1-20(2)31-36-28-13-7-8-23(30(28)37-31)18-21-14-16-22(17-15-21)24-9-3-4-10-25(24)32(40)38-33(41)26-11-5-6-12-27(26)35-19-29(34)39/h5-8,11-17,20,24-25,35H,3-4,9-10,18-19H2,1-2H3,(H2,34,39)(H,36,37)(H,38,40,41)/t24-,25+/m0/s1. The fraction of sp³-hybridized carbons (Fsp3) is 0.333. The van der Waals surface area contributed by atoms with Crippen LogP contribution in [0.15, 0.2) is 66.7 Å². The molecule has 41 heavy (non-hydrogen) atoms. The Balaban J connectivity index is 1.29. The van der Waals surface area contributed by atoms with E-state index in [1.165, 1.54) is 11.1 Å². The van der Waals surface area contributed by atoms with E-state index in [4.69, 9.17) is 10.7 Å². The highest BCUT2D eigenvalue weighted by molar-refractivity contribution is 6.08. The minimum atomic E-state index is -0.536. The van der Waals surface area contributed by atoms with Gasteiger partial charge in [0.2, 0.25) is 11.8 Å². The molecule has 5 rings (SSSR count). The first kappa shape index (κ1) is 28.1. The van der Waals surface area contributed by atoms with Gasteiger partial charge in [0.15, 0.2) is 0 Å². The molecule has 1 aliphatic rings. The number of carbonyl (C=O) groups excluding carboxylic acids is 3. The van der Waals surface area contributed by atoms with Crippen LogP contribution in [-0.2, 0) is 16.0 Å². The topological polar surface area (TPSA) is 130 Å². The molecule has 1 aromatic heterocycles. The number of carbonyl (C=O) groups is 3. The summed E-state index contributed by atoms with van der Waals surface area (Å²) in [5.74, 6) is -0.221. The van der Waals surface area contributed by atoms with Crippen molar-refractivity contribution in [2.45, 2.75) is 57.8 Å². The number of nitrogens with zero attached hydrogens (tertiary/aromatic N) is 1. The van der Waals surface area contributed by atoms with E-state index in [0.29, 0.717) is 17.2 Å². The molecule has 0 radical (unpaired) electrons. The van der Waals surface area contributed by atoms with Crippen molar-refractivity contribution in [2.75, 3.05) is 11.9 Å². The maximum absolute atomic E-state index is 13.4. The maximum Gasteiger partial charge on any atom is 0.259 e. The van der Waals surface area contributed by atoms with Gasteiger partial charge in [0.1, 0.15) is 5.82 Å². The summed E-state index contributed by atoms with van der Waals surface area (Å²) in [6.45, 7) is 4.16. The third-order valence-corrected chi connectivity index (χ3v) is 7.93. The highest BCUT2D eigenvalue weighted by atomic mass is 16.2. The quantitative estimate of drug-likeness (QED) is 0.207. The number of H-pyrrole nitrogens is 1. The van der Waals surface area contributed by atoms with Gasteiger partial charge in [-0.05, 0) is 60.1 Å². The fourth-order valence-corrected chi connectivity index (χ4v) is 5.76. The van der Waals surface area contributed by atoms with E-state index in [9.17, 15) is 14.4 Å². The molecule has 8 heteroatoms. The number of rotatable bonds is 9. The Morgan fingerprint density at radius 3 is 2.49 bits per heavy atom. The van der Waals surface area contributed by atoms with Crippen LogP contribution in [0.5, 0.6) is 0 Å². The number of aromatic amines is 1. The number of benzene rings is 3. The van der Waals surface area contributed by atoms with Gasteiger partial charge in [-0.15, -0.1) is 0 Å². The van der Waals surface area contributed by atoms with E-state index in [1.54, 1.807) is 24.3 Å². The van der Waals surface area contributed by atoms with Crippen LogP contribution in [0.4, 0.5) is 5.69 Å². The zero-order valence-corrected chi connectivity index (χ0v) is 23.6. The molecule has 5 N–H and O–H groups in total. The van der Waals surface area contributed by atoms with Crippen LogP contribution in [0.25, 0.3) is 11.0 Å². The van der Waals surface area contributed by atoms with Crippen molar-refractivity contribution < 1.29 is 14.4 Å². The summed E-state index contributed by atoms with van der Waals surface area (Å²) in [5.41, 5.74) is 11.5. The number of imide groups is 1. The summed E-state index contributed by atoms with van der Waals surface area (Å²) in [6.07, 6.45) is 4.39. The van der Waals surface area contributed by atoms with Crippen molar-refractivity contribution in [1.82, 2.24) is 15.3 Å². The van der Waals surface area contributed by atoms with E-state index in [1.807, 2.05) is 0 Å². The van der Waals surface area contributed by atoms with Gasteiger partial charge in [0.05, 0.1) is 23.1 Å². The van der Waals surface area contributed by atoms with Crippen molar-refractivity contribution in [3.63, 3.8) is 0 Å². The lowest BCUT2D eigenvalue weighted by Crippen LogP contribution is -2.39. The molecule has 0 spiro atoms. The molecule has 1 heterocycles. The second kappa shape index (κ2) is 12.4. The second-order valence-electron chi connectivity index (χ2n) is 11.2. The Bertz CT molecular complexity index is 1560. The van der Waals surface area contributed by atoms with Gasteiger partial charge in [-0.3, -0.25) is 19.7 Å². The minimum absolute atomic E-state index is 0.0391. The molecule has 4 aromatic rings. The van der Waals surface area contributed by atoms with E-state index in [2.05, 4.69) is 71.9 Å². The average Bonchev–Trinajstić information content (AvgIpc) is 3.43. The number of hydrogen-bond acceptors (Lipinski definition) is 5. The van der Waals surface area contributed by atoms with Crippen molar-refractivity contribution in [1.29, 1.82) is 0 Å². The summed E-state index contributed by atoms with van der Waals surface area (Å²) in [4.78, 5) is 45.9. The van der Waals surface area contributed by atoms with Crippen molar-refractivity contribution in [3.8, 4) is 0 Å². The molecule has 3 amide bonds. The molecule has 0 bridgehead atoms. The molecule has 2 atom stereocenters. The van der Waals surface area contributed by atoms with Crippen molar-refractivity contribution in [2.24, 2.45) is 11.7 Å². The minimum Gasteiger partial charge on any atom is -0.376 e. The lowest BCUT2D eigenvalue weighted by molar-refractivity contribution is -0.125. The van der Waals surface area contributed by atoms with E-state index < -0.39 is 11.8 Å². The number of hydrogen-bond donors (Lipinski definition) is 4. The molecule has 3 aromatic carbocycles. The third kappa shape index (κ3) is 6.48. The van der Waals surface area contributed by atoms with Gasteiger partial charge >= 0.3 is 0 Å². The number of amides is 3. The zero-order chi connectivity index (χ0) is 28.9. The predicted octanol–water partition coefficient (Wildman–Crippen LogP) is 5.40. The lowest BCUT2D eigenvalue weighted by atomic mass is 9.75. The number of fused-ring (bicyclic) bond motifs is 1. The zero-order valence-electron chi connectivity index (χ0n) is 23.6. The van der Waals surface area contributed by atoms with Gasteiger partial charge in [-0.25, -0.2) is 4.98 Å². The number of imidazole rings is 1. The first-order valence-electron chi connectivity index (χ1n) is 14.3. The normalized spacial score (nSPS) is 17.0. The predicted molar refractivity (Wildman–Crippen MR) is 161 cm³/mol. The molecule has 1 aliphatic carbocycles. The summed E-state index contributed by atoms with van der Waals surface area (Å²) in [5, 5.41) is 5.49. The Labute approximate surface area is 240 Å². The van der Waals surface area contributed by atoms with E-state index in [0.717, 1.165) is 54.5 Å². The molecular formula is C33H37N5O3. The van der Waals surface area contributed by atoms with Crippen LogP contribution in [0.1, 0.15) is 84.2 Å². The van der Waals surface area contributed by atoms with Gasteiger partial charge < -0.3 is 16.0 Å². The van der Waals surface area contributed by atoms with E-state index in [-0.39, 0.29) is 24.3 Å². The molecule has 1 fully saturated rings. The summed E-state index contributed by atoms with van der Waals surface area (Å²) >= 11 is 0. The van der Waals surface area contributed by atoms with Gasteiger partial charge in [-0.2, -0.15) is 0 Å². The monoisotopic (exact) mass is 551 g/mol. The molecule has 0 unspecified atom stereocenters. The highest BCUT2D eigenvalue weighted by Gasteiger charge is 2.33.